The van der Waals surface area contributed by atoms with Crippen molar-refractivity contribution in [3.05, 3.63) is 22.4 Å². The molecule has 1 unspecified atom stereocenters. The van der Waals surface area contributed by atoms with Crippen molar-refractivity contribution in [1.29, 1.82) is 5.26 Å². The van der Waals surface area contributed by atoms with Crippen LogP contribution in [0.25, 0.3) is 0 Å². The molecule has 19 heavy (non-hydrogen) atoms. The smallest absolute Gasteiger partial charge is 0.161 e. The average molecular weight is 275 g/mol. The number of carbonyl (C=O) groups excluding carboxylic acids is 1. The molecular weight excluding hydrogens is 254 g/mol. The Morgan fingerprint density at radius 2 is 2.16 bits per heavy atom. The first-order chi connectivity index (χ1) is 9.09. The summed E-state index contributed by atoms with van der Waals surface area (Å²) in [5.41, 5.74) is -0.238. The summed E-state index contributed by atoms with van der Waals surface area (Å²) in [6, 6.07) is 6.07. The lowest BCUT2D eigenvalue weighted by molar-refractivity contribution is -0.129. The van der Waals surface area contributed by atoms with Gasteiger partial charge in [0, 0.05) is 10.3 Å². The summed E-state index contributed by atoms with van der Waals surface area (Å²) in [7, 11) is 0. The van der Waals surface area contributed by atoms with Crippen LogP contribution in [-0.4, -0.2) is 5.78 Å². The van der Waals surface area contributed by atoms with Crippen LogP contribution < -0.4 is 0 Å². The molecule has 1 heterocycles. The normalized spacial score (nSPS) is 19.3. The van der Waals surface area contributed by atoms with Crippen LogP contribution in [0.5, 0.6) is 0 Å². The Hall–Kier alpha value is -1.14. The second kappa shape index (κ2) is 5.88. The minimum atomic E-state index is -0.558. The van der Waals surface area contributed by atoms with Crippen LogP contribution in [-0.2, 0) is 4.79 Å². The van der Waals surface area contributed by atoms with Crippen molar-refractivity contribution in [2.24, 2.45) is 11.3 Å². The summed E-state index contributed by atoms with van der Waals surface area (Å²) < 4.78 is 0. The molecule has 1 fully saturated rings. The van der Waals surface area contributed by atoms with Crippen molar-refractivity contribution in [3.8, 4) is 6.07 Å². The molecule has 2 nitrogen and oxygen atoms in total. The maximum absolute atomic E-state index is 12.9. The Kier molecular flexibility index (Phi) is 4.42. The average Bonchev–Trinajstić information content (AvgIpc) is 3.01. The molecule has 3 heteroatoms. The van der Waals surface area contributed by atoms with Crippen LogP contribution in [0.1, 0.15) is 56.7 Å². The van der Waals surface area contributed by atoms with E-state index >= 15 is 0 Å². The van der Waals surface area contributed by atoms with Gasteiger partial charge in [-0.05, 0) is 36.6 Å². The minimum absolute atomic E-state index is 0.170. The van der Waals surface area contributed by atoms with Crippen molar-refractivity contribution in [2.75, 3.05) is 0 Å². The minimum Gasteiger partial charge on any atom is -0.297 e. The van der Waals surface area contributed by atoms with E-state index in [9.17, 15) is 10.1 Å². The van der Waals surface area contributed by atoms with E-state index in [0.717, 1.165) is 37.0 Å². The second-order valence-electron chi connectivity index (χ2n) is 6.03. The lowest BCUT2D eigenvalue weighted by Crippen LogP contribution is -2.33. The van der Waals surface area contributed by atoms with Gasteiger partial charge in [0.25, 0.3) is 0 Å². The summed E-state index contributed by atoms with van der Waals surface area (Å²) in [4.78, 5) is 13.8. The third-order valence-corrected chi connectivity index (χ3v) is 5.04. The van der Waals surface area contributed by atoms with E-state index in [2.05, 4.69) is 19.9 Å². The van der Waals surface area contributed by atoms with Gasteiger partial charge in [0.15, 0.2) is 5.78 Å². The van der Waals surface area contributed by atoms with Gasteiger partial charge in [-0.2, -0.15) is 5.26 Å². The van der Waals surface area contributed by atoms with Crippen molar-refractivity contribution >= 4 is 17.1 Å². The Bertz CT molecular complexity index is 463. The highest BCUT2D eigenvalue weighted by atomic mass is 32.1. The maximum atomic E-state index is 12.9. The van der Waals surface area contributed by atoms with E-state index in [4.69, 9.17) is 0 Å². The molecule has 1 atom stereocenters. The van der Waals surface area contributed by atoms with E-state index in [1.807, 2.05) is 17.5 Å². The van der Waals surface area contributed by atoms with Crippen LogP contribution in [0.4, 0.5) is 0 Å². The lowest BCUT2D eigenvalue weighted by atomic mass is 9.71. The fourth-order valence-electron chi connectivity index (χ4n) is 3.40. The summed E-state index contributed by atoms with van der Waals surface area (Å²) in [5, 5.41) is 11.4. The Morgan fingerprint density at radius 3 is 2.63 bits per heavy atom. The van der Waals surface area contributed by atoms with Crippen molar-refractivity contribution in [2.45, 2.75) is 51.9 Å². The lowest BCUT2D eigenvalue weighted by Gasteiger charge is -2.30. The van der Waals surface area contributed by atoms with Gasteiger partial charge < -0.3 is 0 Å². The predicted octanol–water partition coefficient (Wildman–Crippen LogP) is 4.53. The SMILES string of the molecule is CC(C)CC1(C(=O)C(C#N)c2cccs2)CCCC1. The summed E-state index contributed by atoms with van der Waals surface area (Å²) in [5.74, 6) is 0.116. The van der Waals surface area contributed by atoms with Gasteiger partial charge in [0.05, 0.1) is 6.07 Å². The molecule has 1 aliphatic rings. The molecule has 0 aromatic carbocycles. The van der Waals surface area contributed by atoms with Gasteiger partial charge in [0.1, 0.15) is 5.92 Å². The highest BCUT2D eigenvalue weighted by Crippen LogP contribution is 2.47. The molecule has 0 spiro atoms. The van der Waals surface area contributed by atoms with E-state index < -0.39 is 5.92 Å². The van der Waals surface area contributed by atoms with Crippen LogP contribution in [0, 0.1) is 22.7 Å². The maximum Gasteiger partial charge on any atom is 0.161 e. The zero-order valence-electron chi connectivity index (χ0n) is 11.7. The summed E-state index contributed by atoms with van der Waals surface area (Å²) >= 11 is 1.52. The number of nitrogens with zero attached hydrogens (tertiary/aromatic N) is 1. The quantitative estimate of drug-likeness (QED) is 0.792. The molecule has 0 aliphatic heterocycles. The van der Waals surface area contributed by atoms with Crippen LogP contribution >= 0.6 is 11.3 Å². The van der Waals surface area contributed by atoms with Gasteiger partial charge in [-0.1, -0.05) is 32.8 Å². The van der Waals surface area contributed by atoms with E-state index in [-0.39, 0.29) is 11.2 Å². The summed E-state index contributed by atoms with van der Waals surface area (Å²) in [6.45, 7) is 4.33. The molecule has 1 aromatic rings. The number of ketones is 1. The Balaban J connectivity index is 2.27. The molecule has 0 N–H and O–H groups in total. The van der Waals surface area contributed by atoms with Crippen molar-refractivity contribution < 1.29 is 4.79 Å². The van der Waals surface area contributed by atoms with E-state index in [1.54, 1.807) is 0 Å². The summed E-state index contributed by atoms with van der Waals surface area (Å²) in [6.07, 6.45) is 5.11. The molecule has 1 saturated carbocycles. The fraction of sp³-hybridized carbons (Fsp3) is 0.625. The number of rotatable bonds is 5. The van der Waals surface area contributed by atoms with Gasteiger partial charge in [-0.15, -0.1) is 11.3 Å². The first-order valence-corrected chi connectivity index (χ1v) is 7.94. The van der Waals surface area contributed by atoms with Crippen LogP contribution in [0.15, 0.2) is 17.5 Å². The predicted molar refractivity (Wildman–Crippen MR) is 78.0 cm³/mol. The molecule has 1 aromatic heterocycles. The first kappa shape index (κ1) is 14.3. The second-order valence-corrected chi connectivity index (χ2v) is 7.01. The molecule has 2 rings (SSSR count). The standard InChI is InChI=1S/C16H21NOS/c1-12(2)10-16(7-3-4-8-16)15(18)13(11-17)14-6-5-9-19-14/h5-6,9,12-13H,3-4,7-8,10H2,1-2H3. The highest BCUT2D eigenvalue weighted by molar-refractivity contribution is 7.10. The number of nitriles is 1. The number of Topliss-reactive ketones (excluding diaryl/α,β-unsaturated/α-hetero) is 1. The van der Waals surface area contributed by atoms with Crippen LogP contribution in [0.3, 0.4) is 0 Å². The van der Waals surface area contributed by atoms with E-state index in [1.165, 1.54) is 11.3 Å². The topological polar surface area (TPSA) is 40.9 Å². The Labute approximate surface area is 119 Å². The third kappa shape index (κ3) is 2.90. The van der Waals surface area contributed by atoms with Crippen LogP contribution in [0.2, 0.25) is 0 Å². The highest BCUT2D eigenvalue weighted by Gasteiger charge is 2.44. The molecule has 102 valence electrons. The molecule has 0 radical (unpaired) electrons. The van der Waals surface area contributed by atoms with Gasteiger partial charge in [-0.3, -0.25) is 4.79 Å². The molecule has 0 amide bonds. The molecule has 1 aliphatic carbocycles. The number of carbonyl (C=O) groups is 1. The fourth-order valence-corrected chi connectivity index (χ4v) is 4.16. The number of thiophene rings is 1. The molecule has 0 bridgehead atoms. The van der Waals surface area contributed by atoms with Crippen molar-refractivity contribution in [1.82, 2.24) is 0 Å². The van der Waals surface area contributed by atoms with Crippen molar-refractivity contribution in [3.63, 3.8) is 0 Å². The third-order valence-electron chi connectivity index (χ3n) is 4.10. The molecular formula is C16H21NOS. The Morgan fingerprint density at radius 1 is 1.47 bits per heavy atom. The first-order valence-electron chi connectivity index (χ1n) is 7.06. The van der Waals surface area contributed by atoms with Gasteiger partial charge >= 0.3 is 0 Å². The zero-order valence-corrected chi connectivity index (χ0v) is 12.5. The van der Waals surface area contributed by atoms with Gasteiger partial charge in [-0.25, -0.2) is 0 Å². The number of hydrogen-bond acceptors (Lipinski definition) is 3. The van der Waals surface area contributed by atoms with Gasteiger partial charge in [0.2, 0.25) is 0 Å². The number of hydrogen-bond donors (Lipinski definition) is 0. The van der Waals surface area contributed by atoms with E-state index in [0.29, 0.717) is 5.92 Å². The molecule has 0 saturated heterocycles. The monoisotopic (exact) mass is 275 g/mol. The largest absolute Gasteiger partial charge is 0.297 e. The zero-order chi connectivity index (χ0) is 13.9.